The summed E-state index contributed by atoms with van der Waals surface area (Å²) in [5.41, 5.74) is 3.10. The van der Waals surface area contributed by atoms with E-state index in [0.717, 1.165) is 21.9 Å². The number of methoxy groups -OCH3 is 2. The van der Waals surface area contributed by atoms with Crippen LogP contribution in [-0.4, -0.2) is 97.1 Å². The van der Waals surface area contributed by atoms with E-state index in [0.29, 0.717) is 50.1 Å². The van der Waals surface area contributed by atoms with E-state index in [-0.39, 0.29) is 35.5 Å². The summed E-state index contributed by atoms with van der Waals surface area (Å²) in [5, 5.41) is 13.0. The number of carbonyl (C=O) groups excluding carboxylic acids is 6. The largest absolute Gasteiger partial charge is 0.453 e. The third-order valence-electron chi connectivity index (χ3n) is 10.1. The molecule has 6 amide bonds. The molecule has 14 heteroatoms. The number of ether oxygens (including phenoxy) is 2. The second-order valence-corrected chi connectivity index (χ2v) is 14.4. The average Bonchev–Trinajstić information content (AvgIpc) is 3.86. The zero-order valence-corrected chi connectivity index (χ0v) is 31.6. The Kier molecular flexibility index (Phi) is 12.8. The molecule has 2 fully saturated rings. The third-order valence-corrected chi connectivity index (χ3v) is 10.1. The zero-order chi connectivity index (χ0) is 39.1. The van der Waals surface area contributed by atoms with Crippen LogP contribution in [0.2, 0.25) is 0 Å². The predicted molar refractivity (Wildman–Crippen MR) is 204 cm³/mol. The Morgan fingerprint density at radius 3 is 1.50 bits per heavy atom. The van der Waals surface area contributed by atoms with Crippen molar-refractivity contribution in [1.82, 2.24) is 20.4 Å². The van der Waals surface area contributed by atoms with Gasteiger partial charge >= 0.3 is 12.2 Å². The number of nitrogens with zero attached hydrogens (tertiary/aromatic N) is 2. The van der Waals surface area contributed by atoms with Crippen LogP contribution in [0.4, 0.5) is 21.0 Å². The van der Waals surface area contributed by atoms with Crippen LogP contribution in [0.1, 0.15) is 53.4 Å². The van der Waals surface area contributed by atoms with Crippen LogP contribution < -0.4 is 21.3 Å². The van der Waals surface area contributed by atoms with Gasteiger partial charge in [0.2, 0.25) is 23.6 Å². The zero-order valence-electron chi connectivity index (χ0n) is 31.6. The summed E-state index contributed by atoms with van der Waals surface area (Å²) in [4.78, 5) is 80.3. The minimum absolute atomic E-state index is 0.194. The molecule has 0 aliphatic carbocycles. The van der Waals surface area contributed by atoms with Crippen molar-refractivity contribution in [2.45, 2.75) is 77.5 Å². The first-order chi connectivity index (χ1) is 25.8. The maximum atomic E-state index is 13.4. The number of nitrogens with one attached hydrogen (secondary N) is 4. The Labute approximate surface area is 315 Å². The van der Waals surface area contributed by atoms with Gasteiger partial charge in [0, 0.05) is 24.5 Å². The summed E-state index contributed by atoms with van der Waals surface area (Å²) >= 11 is 0. The fourth-order valence-corrected chi connectivity index (χ4v) is 7.06. The van der Waals surface area contributed by atoms with Gasteiger partial charge in [-0.3, -0.25) is 19.2 Å². The van der Waals surface area contributed by atoms with Crippen molar-refractivity contribution in [2.24, 2.45) is 11.8 Å². The molecule has 0 aromatic heterocycles. The van der Waals surface area contributed by atoms with Crippen LogP contribution in [0.3, 0.4) is 0 Å². The molecule has 0 unspecified atom stereocenters. The van der Waals surface area contributed by atoms with Gasteiger partial charge in [0.25, 0.3) is 0 Å². The highest BCUT2D eigenvalue weighted by Gasteiger charge is 2.40. The highest BCUT2D eigenvalue weighted by molar-refractivity contribution is 6.01. The average molecular weight is 743 g/mol. The van der Waals surface area contributed by atoms with Gasteiger partial charge in [-0.2, -0.15) is 0 Å². The minimum atomic E-state index is -0.808. The number of carbonyl (C=O) groups is 6. The lowest BCUT2D eigenvalue weighted by Crippen LogP contribution is -2.54. The van der Waals surface area contributed by atoms with Crippen LogP contribution in [0.15, 0.2) is 60.7 Å². The fourth-order valence-electron chi connectivity index (χ4n) is 7.06. The van der Waals surface area contributed by atoms with Crippen molar-refractivity contribution in [3.8, 4) is 11.1 Å². The van der Waals surface area contributed by atoms with Gasteiger partial charge < -0.3 is 40.5 Å². The third kappa shape index (κ3) is 9.10. The number of hydrogen-bond donors (Lipinski definition) is 4. The lowest BCUT2D eigenvalue weighted by Gasteiger charge is -2.30. The Bertz CT molecular complexity index is 1880. The normalized spacial score (nSPS) is 17.9. The molecule has 2 saturated heterocycles. The lowest BCUT2D eigenvalue weighted by atomic mass is 10.0. The predicted octanol–water partition coefficient (Wildman–Crippen LogP) is 5.13. The molecule has 0 saturated carbocycles. The van der Waals surface area contributed by atoms with Crippen molar-refractivity contribution < 1.29 is 38.2 Å². The molecule has 4 atom stereocenters. The molecular weight excluding hydrogens is 692 g/mol. The fraction of sp³-hybridized carbons (Fsp3) is 0.450. The molecule has 0 radical (unpaired) electrons. The summed E-state index contributed by atoms with van der Waals surface area (Å²) in [7, 11) is 2.48. The van der Waals surface area contributed by atoms with Crippen molar-refractivity contribution in [1.29, 1.82) is 0 Å². The van der Waals surface area contributed by atoms with E-state index in [1.54, 1.807) is 4.90 Å². The van der Waals surface area contributed by atoms with Gasteiger partial charge in [-0.1, -0.05) is 58.0 Å². The molecule has 14 nitrogen and oxygen atoms in total. The number of hydrogen-bond acceptors (Lipinski definition) is 8. The molecule has 3 aromatic carbocycles. The molecule has 4 N–H and O–H groups in total. The van der Waals surface area contributed by atoms with Crippen molar-refractivity contribution >= 4 is 58.0 Å². The summed E-state index contributed by atoms with van der Waals surface area (Å²) in [6.07, 6.45) is 1.01. The maximum Gasteiger partial charge on any atom is 0.407 e. The second kappa shape index (κ2) is 17.4. The van der Waals surface area contributed by atoms with E-state index in [1.165, 1.54) is 19.1 Å². The monoisotopic (exact) mass is 742 g/mol. The molecule has 3 aromatic rings. The van der Waals surface area contributed by atoms with E-state index in [2.05, 4.69) is 26.0 Å². The van der Waals surface area contributed by atoms with Crippen molar-refractivity contribution in [3.63, 3.8) is 0 Å². The van der Waals surface area contributed by atoms with E-state index in [9.17, 15) is 28.8 Å². The summed E-state index contributed by atoms with van der Waals surface area (Å²) in [6.45, 7) is 8.16. The Hall–Kier alpha value is -5.66. The SMILES string of the molecule is COC(=O)N[C@H](C(=O)N1CCC[C@H]1C(=O)Nc1ccc(-c2ccc3cc(NC(=O)[C@@H]4CCCN4C(=O)[C@@H](NC(=O)OC)C(C)C)ccc3c2)cc1)C(C)C. The number of amides is 6. The number of benzene rings is 3. The maximum absolute atomic E-state index is 13.4. The smallest absolute Gasteiger partial charge is 0.407 e. The van der Waals surface area contributed by atoms with Crippen molar-refractivity contribution in [3.05, 3.63) is 60.7 Å². The van der Waals surface area contributed by atoms with E-state index in [1.807, 2.05) is 88.4 Å². The second-order valence-electron chi connectivity index (χ2n) is 14.4. The van der Waals surface area contributed by atoms with Gasteiger partial charge in [0.15, 0.2) is 0 Å². The molecule has 2 aliphatic rings. The standard InChI is InChI=1S/C40H50N6O8/c1-23(2)33(43-39(51)53-5)37(49)45-19-7-9-31(45)35(47)41-29-16-13-25(14-17-29)26-11-12-28-22-30(18-15-27(28)21-26)42-36(48)32-10-8-20-46(32)38(50)34(24(3)4)44-40(52)54-6/h11-18,21-24,31-34H,7-10,19-20H2,1-6H3,(H,41,47)(H,42,48)(H,43,51)(H,44,52)/t31-,32-,33-,34-/m0/s1. The molecular formula is C40H50N6O8. The van der Waals surface area contributed by atoms with Gasteiger partial charge in [0.1, 0.15) is 24.2 Å². The molecule has 0 spiro atoms. The van der Waals surface area contributed by atoms with Gasteiger partial charge in [-0.25, -0.2) is 9.59 Å². The van der Waals surface area contributed by atoms with Crippen LogP contribution in [0.5, 0.6) is 0 Å². The Morgan fingerprint density at radius 2 is 1.02 bits per heavy atom. The molecule has 54 heavy (non-hydrogen) atoms. The van der Waals surface area contributed by atoms with Crippen LogP contribution in [0.25, 0.3) is 21.9 Å². The van der Waals surface area contributed by atoms with E-state index < -0.39 is 36.4 Å². The molecule has 0 bridgehead atoms. The van der Waals surface area contributed by atoms with Crippen LogP contribution >= 0.6 is 0 Å². The summed E-state index contributed by atoms with van der Waals surface area (Å²) in [5.74, 6) is -1.58. The first kappa shape index (κ1) is 39.5. The van der Waals surface area contributed by atoms with Crippen LogP contribution in [0, 0.1) is 11.8 Å². The first-order valence-electron chi connectivity index (χ1n) is 18.4. The van der Waals surface area contributed by atoms with Crippen LogP contribution in [-0.2, 0) is 28.7 Å². The first-order valence-corrected chi connectivity index (χ1v) is 18.4. The quantitative estimate of drug-likeness (QED) is 0.209. The topological polar surface area (TPSA) is 175 Å². The Morgan fingerprint density at radius 1 is 0.593 bits per heavy atom. The van der Waals surface area contributed by atoms with Gasteiger partial charge in [0.05, 0.1) is 14.2 Å². The number of rotatable bonds is 11. The highest BCUT2D eigenvalue weighted by atomic mass is 16.5. The number of likely N-dealkylation sites (tertiary alicyclic amines) is 2. The molecule has 2 aliphatic heterocycles. The number of fused-ring (bicyclic) bond motifs is 1. The van der Waals surface area contributed by atoms with Gasteiger partial charge in [-0.05, 0) is 89.8 Å². The van der Waals surface area contributed by atoms with Crippen molar-refractivity contribution in [2.75, 3.05) is 37.9 Å². The number of alkyl carbamates (subject to hydrolysis) is 2. The Balaban J connectivity index is 1.21. The highest BCUT2D eigenvalue weighted by Crippen LogP contribution is 2.29. The molecule has 288 valence electrons. The summed E-state index contributed by atoms with van der Waals surface area (Å²) in [6, 6.07) is 16.2. The van der Waals surface area contributed by atoms with E-state index >= 15 is 0 Å². The molecule has 5 rings (SSSR count). The molecule has 2 heterocycles. The minimum Gasteiger partial charge on any atom is -0.453 e. The summed E-state index contributed by atoms with van der Waals surface area (Å²) < 4.78 is 9.38. The number of anilines is 2. The lowest BCUT2D eigenvalue weighted by molar-refractivity contribution is -0.139. The van der Waals surface area contributed by atoms with E-state index in [4.69, 9.17) is 4.74 Å². The van der Waals surface area contributed by atoms with Gasteiger partial charge in [-0.15, -0.1) is 0 Å².